The van der Waals surface area contributed by atoms with Gasteiger partial charge in [-0.05, 0) is 48.2 Å². The first-order valence-corrected chi connectivity index (χ1v) is 9.26. The third-order valence-corrected chi connectivity index (χ3v) is 4.76. The van der Waals surface area contributed by atoms with E-state index in [9.17, 15) is 9.59 Å². The van der Waals surface area contributed by atoms with E-state index >= 15 is 0 Å². The summed E-state index contributed by atoms with van der Waals surface area (Å²) in [4.78, 5) is 23.9. The molecular formula is C22H28N2O2. The second-order valence-corrected chi connectivity index (χ2v) is 6.75. The lowest BCUT2D eigenvalue weighted by atomic mass is 10.0. The van der Waals surface area contributed by atoms with Crippen molar-refractivity contribution in [2.75, 3.05) is 10.6 Å². The molecule has 0 radical (unpaired) electrons. The van der Waals surface area contributed by atoms with Gasteiger partial charge in [0, 0.05) is 23.2 Å². The maximum absolute atomic E-state index is 11.9. The molecule has 0 saturated carbocycles. The third-order valence-electron chi connectivity index (χ3n) is 4.76. The van der Waals surface area contributed by atoms with Gasteiger partial charge in [0.25, 0.3) is 0 Å². The van der Waals surface area contributed by atoms with E-state index < -0.39 is 0 Å². The second-order valence-electron chi connectivity index (χ2n) is 6.75. The van der Waals surface area contributed by atoms with Crippen molar-refractivity contribution < 1.29 is 9.59 Å². The average Bonchev–Trinajstić information content (AvgIpc) is 2.67. The van der Waals surface area contributed by atoms with E-state index in [2.05, 4.69) is 10.6 Å². The molecule has 0 aliphatic rings. The van der Waals surface area contributed by atoms with Gasteiger partial charge in [-0.1, -0.05) is 52.0 Å². The van der Waals surface area contributed by atoms with Crippen molar-refractivity contribution in [1.82, 2.24) is 0 Å². The quantitative estimate of drug-likeness (QED) is 0.708. The fourth-order valence-corrected chi connectivity index (χ4v) is 2.39. The van der Waals surface area contributed by atoms with Gasteiger partial charge in [0.05, 0.1) is 0 Å². The van der Waals surface area contributed by atoms with Crippen LogP contribution in [-0.4, -0.2) is 11.8 Å². The van der Waals surface area contributed by atoms with E-state index in [1.165, 1.54) is 0 Å². The molecule has 26 heavy (non-hydrogen) atoms. The van der Waals surface area contributed by atoms with Crippen molar-refractivity contribution >= 4 is 23.2 Å². The van der Waals surface area contributed by atoms with Gasteiger partial charge >= 0.3 is 0 Å². The lowest BCUT2D eigenvalue weighted by Gasteiger charge is -2.12. The largest absolute Gasteiger partial charge is 0.326 e. The zero-order valence-electron chi connectivity index (χ0n) is 16.0. The van der Waals surface area contributed by atoms with Crippen LogP contribution in [-0.2, 0) is 9.59 Å². The number of hydrogen-bond acceptors (Lipinski definition) is 2. The molecule has 4 heteroatoms. The topological polar surface area (TPSA) is 58.2 Å². The Balaban J connectivity index is 2.03. The molecular weight excluding hydrogens is 324 g/mol. The van der Waals surface area contributed by atoms with Crippen LogP contribution in [0.1, 0.15) is 40.5 Å². The number of anilines is 2. The summed E-state index contributed by atoms with van der Waals surface area (Å²) in [5, 5.41) is 5.86. The molecule has 138 valence electrons. The van der Waals surface area contributed by atoms with Gasteiger partial charge in [-0.3, -0.25) is 9.59 Å². The molecule has 0 heterocycles. The minimum absolute atomic E-state index is 0.00728. The highest BCUT2D eigenvalue weighted by Crippen LogP contribution is 2.24. The van der Waals surface area contributed by atoms with E-state index in [-0.39, 0.29) is 23.7 Å². The Morgan fingerprint density at radius 3 is 1.27 bits per heavy atom. The predicted molar refractivity (Wildman–Crippen MR) is 108 cm³/mol. The van der Waals surface area contributed by atoms with Crippen molar-refractivity contribution in [3.8, 4) is 11.1 Å². The Bertz CT molecular complexity index is 670. The third kappa shape index (κ3) is 5.19. The molecule has 0 spiro atoms. The van der Waals surface area contributed by atoms with Crippen LogP contribution < -0.4 is 10.6 Å². The standard InChI is InChI=1S/C22H28N2O2/c1-5-15(3)21(25)23-19-11-7-17(8-12-19)18-9-13-20(14-10-18)24-22(26)16(4)6-2/h7-16H,5-6H2,1-4H3,(H,23,25)(H,24,26)/t15-,16-/m1/s1. The number of benzene rings is 2. The van der Waals surface area contributed by atoms with Crippen molar-refractivity contribution in [3.63, 3.8) is 0 Å². The molecule has 2 aromatic carbocycles. The summed E-state index contributed by atoms with van der Waals surface area (Å²) in [6.07, 6.45) is 1.65. The van der Waals surface area contributed by atoms with Gasteiger partial charge in [0.15, 0.2) is 0 Å². The number of hydrogen-bond donors (Lipinski definition) is 2. The first-order valence-electron chi connectivity index (χ1n) is 9.26. The summed E-state index contributed by atoms with van der Waals surface area (Å²) in [6, 6.07) is 15.6. The summed E-state index contributed by atoms with van der Waals surface area (Å²) >= 11 is 0. The number of rotatable bonds is 7. The molecule has 0 bridgehead atoms. The van der Waals surface area contributed by atoms with Crippen molar-refractivity contribution in [3.05, 3.63) is 48.5 Å². The van der Waals surface area contributed by atoms with Crippen LogP contribution in [0.15, 0.2) is 48.5 Å². The monoisotopic (exact) mass is 352 g/mol. The Hall–Kier alpha value is -2.62. The molecule has 0 fully saturated rings. The van der Waals surface area contributed by atoms with E-state index in [0.717, 1.165) is 35.3 Å². The normalized spacial score (nSPS) is 12.9. The molecule has 2 amide bonds. The van der Waals surface area contributed by atoms with Crippen LogP contribution >= 0.6 is 0 Å². The molecule has 0 saturated heterocycles. The molecule has 0 aliphatic carbocycles. The molecule has 2 atom stereocenters. The fourth-order valence-electron chi connectivity index (χ4n) is 2.39. The summed E-state index contributed by atoms with van der Waals surface area (Å²) in [6.45, 7) is 7.85. The molecule has 2 rings (SSSR count). The number of nitrogens with one attached hydrogen (secondary N) is 2. The first kappa shape index (κ1) is 19.7. The first-order chi connectivity index (χ1) is 12.4. The van der Waals surface area contributed by atoms with Crippen molar-refractivity contribution in [2.45, 2.75) is 40.5 Å². The highest BCUT2D eigenvalue weighted by molar-refractivity contribution is 5.93. The van der Waals surface area contributed by atoms with Crippen LogP contribution in [0.2, 0.25) is 0 Å². The minimum Gasteiger partial charge on any atom is -0.326 e. The minimum atomic E-state index is 0.00728. The fraction of sp³-hybridized carbons (Fsp3) is 0.364. The summed E-state index contributed by atoms with van der Waals surface area (Å²) in [5.41, 5.74) is 3.73. The molecule has 0 aliphatic heterocycles. The summed E-state index contributed by atoms with van der Waals surface area (Å²) < 4.78 is 0. The SMILES string of the molecule is CC[C@@H](C)C(=O)Nc1ccc(-c2ccc(NC(=O)[C@H](C)CC)cc2)cc1. The lowest BCUT2D eigenvalue weighted by molar-refractivity contribution is -0.120. The number of amides is 2. The molecule has 0 aromatic heterocycles. The predicted octanol–water partition coefficient (Wildman–Crippen LogP) is 5.32. The van der Waals surface area contributed by atoms with Crippen LogP contribution in [0.4, 0.5) is 11.4 Å². The lowest BCUT2D eigenvalue weighted by Crippen LogP contribution is -2.19. The van der Waals surface area contributed by atoms with Crippen LogP contribution in [0, 0.1) is 11.8 Å². The number of carbonyl (C=O) groups is 2. The van der Waals surface area contributed by atoms with E-state index in [1.54, 1.807) is 0 Å². The zero-order chi connectivity index (χ0) is 19.1. The Kier molecular flexibility index (Phi) is 6.96. The molecule has 0 unspecified atom stereocenters. The highest BCUT2D eigenvalue weighted by Gasteiger charge is 2.11. The maximum Gasteiger partial charge on any atom is 0.227 e. The average molecular weight is 352 g/mol. The zero-order valence-corrected chi connectivity index (χ0v) is 16.0. The molecule has 4 nitrogen and oxygen atoms in total. The van der Waals surface area contributed by atoms with Gasteiger partial charge in [-0.2, -0.15) is 0 Å². The van der Waals surface area contributed by atoms with Gasteiger partial charge in [-0.25, -0.2) is 0 Å². The highest BCUT2D eigenvalue weighted by atomic mass is 16.2. The van der Waals surface area contributed by atoms with E-state index in [4.69, 9.17) is 0 Å². The Labute approximate surface area is 156 Å². The van der Waals surface area contributed by atoms with Crippen LogP contribution in [0.25, 0.3) is 11.1 Å². The Morgan fingerprint density at radius 1 is 0.692 bits per heavy atom. The summed E-state index contributed by atoms with van der Waals surface area (Å²) in [7, 11) is 0. The van der Waals surface area contributed by atoms with Crippen LogP contribution in [0.5, 0.6) is 0 Å². The van der Waals surface area contributed by atoms with Gasteiger partial charge in [-0.15, -0.1) is 0 Å². The number of carbonyl (C=O) groups excluding carboxylic acids is 2. The van der Waals surface area contributed by atoms with E-state index in [0.29, 0.717) is 0 Å². The Morgan fingerprint density at radius 2 is 1.00 bits per heavy atom. The maximum atomic E-state index is 11.9. The van der Waals surface area contributed by atoms with Crippen molar-refractivity contribution in [1.29, 1.82) is 0 Å². The van der Waals surface area contributed by atoms with Gasteiger partial charge in [0.1, 0.15) is 0 Å². The molecule has 2 N–H and O–H groups in total. The summed E-state index contributed by atoms with van der Waals surface area (Å²) in [5.74, 6) is 0.101. The van der Waals surface area contributed by atoms with Crippen molar-refractivity contribution in [2.24, 2.45) is 11.8 Å². The molecule has 2 aromatic rings. The van der Waals surface area contributed by atoms with Gasteiger partial charge < -0.3 is 10.6 Å². The smallest absolute Gasteiger partial charge is 0.227 e. The van der Waals surface area contributed by atoms with Crippen LogP contribution in [0.3, 0.4) is 0 Å². The second kappa shape index (κ2) is 9.18. The van der Waals surface area contributed by atoms with E-state index in [1.807, 2.05) is 76.2 Å². The van der Waals surface area contributed by atoms with Gasteiger partial charge in [0.2, 0.25) is 11.8 Å².